The maximum Gasteiger partial charge on any atom is 0.231 e. The van der Waals surface area contributed by atoms with Crippen LogP contribution in [0.15, 0.2) is 54.6 Å². The molecule has 162 valence electrons. The van der Waals surface area contributed by atoms with Gasteiger partial charge in [-0.15, -0.1) is 0 Å². The highest BCUT2D eigenvalue weighted by Crippen LogP contribution is 2.40. The molecule has 3 aromatic carbocycles. The second-order valence-electron chi connectivity index (χ2n) is 7.51. The molecular weight excluding hydrogens is 400 g/mol. The van der Waals surface area contributed by atoms with Crippen LogP contribution in [0.3, 0.4) is 0 Å². The molecule has 2 aliphatic rings. The van der Waals surface area contributed by atoms with Crippen LogP contribution in [0.5, 0.6) is 17.2 Å². The maximum atomic E-state index is 10.7. The third-order valence-corrected chi connectivity index (χ3v) is 5.79. The molecule has 5 rings (SSSR count). The average Bonchev–Trinajstić information content (AvgIpc) is 3.28. The Hall–Kier alpha value is -2.84. The second-order valence-corrected chi connectivity index (χ2v) is 7.51. The Morgan fingerprint density at radius 2 is 1.71 bits per heavy atom. The van der Waals surface area contributed by atoms with Crippen LogP contribution in [-0.4, -0.2) is 57.3 Å². The third-order valence-electron chi connectivity index (χ3n) is 5.79. The molecule has 3 aromatic rings. The summed E-state index contributed by atoms with van der Waals surface area (Å²) in [5.41, 5.74) is 2.06. The summed E-state index contributed by atoms with van der Waals surface area (Å²) < 4.78 is 33.6. The zero-order valence-corrected chi connectivity index (χ0v) is 17.3. The van der Waals surface area contributed by atoms with Gasteiger partial charge in [0.1, 0.15) is 24.1 Å². The van der Waals surface area contributed by atoms with Gasteiger partial charge in [-0.1, -0.05) is 36.4 Å². The summed E-state index contributed by atoms with van der Waals surface area (Å²) in [6.45, 7) is 0.506. The van der Waals surface area contributed by atoms with E-state index in [-0.39, 0.29) is 19.5 Å². The number of rotatable bonds is 5. The number of ether oxygens (including phenoxy) is 6. The predicted molar refractivity (Wildman–Crippen MR) is 113 cm³/mol. The highest BCUT2D eigenvalue weighted by molar-refractivity contribution is 6.00. The molecule has 0 bridgehead atoms. The lowest BCUT2D eigenvalue weighted by atomic mass is 9.97. The Bertz CT molecular complexity index is 1080. The van der Waals surface area contributed by atoms with Crippen molar-refractivity contribution in [1.29, 1.82) is 0 Å². The molecule has 7 nitrogen and oxygen atoms in total. The first-order chi connectivity index (χ1) is 15.2. The maximum absolute atomic E-state index is 10.7. The van der Waals surface area contributed by atoms with Crippen molar-refractivity contribution >= 4 is 10.8 Å². The Morgan fingerprint density at radius 3 is 2.52 bits per heavy atom. The fourth-order valence-electron chi connectivity index (χ4n) is 4.17. The largest absolute Gasteiger partial charge is 0.461 e. The number of fused-ring (bicyclic) bond motifs is 2. The van der Waals surface area contributed by atoms with E-state index < -0.39 is 18.5 Å². The SMILES string of the molecule is CO[C@H]1[C@H](OC)COC(Oc2ccc(-c3ccc4c(c3)OCO4)c3ccccc23)[C@@H]1O. The van der Waals surface area contributed by atoms with E-state index >= 15 is 0 Å². The molecule has 0 aromatic heterocycles. The summed E-state index contributed by atoms with van der Waals surface area (Å²) in [6.07, 6.45) is -2.75. The minimum atomic E-state index is -0.990. The van der Waals surface area contributed by atoms with E-state index in [1.165, 1.54) is 7.11 Å². The van der Waals surface area contributed by atoms with E-state index in [4.69, 9.17) is 28.4 Å². The molecule has 0 aliphatic carbocycles. The molecule has 2 aliphatic heterocycles. The first kappa shape index (κ1) is 20.1. The summed E-state index contributed by atoms with van der Waals surface area (Å²) in [4.78, 5) is 0. The van der Waals surface area contributed by atoms with Crippen molar-refractivity contribution in [3.05, 3.63) is 54.6 Å². The highest BCUT2D eigenvalue weighted by atomic mass is 16.7. The lowest BCUT2D eigenvalue weighted by Gasteiger charge is -2.38. The van der Waals surface area contributed by atoms with Crippen LogP contribution in [0, 0.1) is 0 Å². The van der Waals surface area contributed by atoms with Gasteiger partial charge in [-0.3, -0.25) is 0 Å². The summed E-state index contributed by atoms with van der Waals surface area (Å²) in [6, 6.07) is 17.8. The van der Waals surface area contributed by atoms with Gasteiger partial charge in [0.2, 0.25) is 13.1 Å². The predicted octanol–water partition coefficient (Wildman–Crippen LogP) is 3.36. The first-order valence-electron chi connectivity index (χ1n) is 10.1. The molecule has 7 heteroatoms. The lowest BCUT2D eigenvalue weighted by Crippen LogP contribution is -2.56. The summed E-state index contributed by atoms with van der Waals surface area (Å²) in [7, 11) is 3.11. The number of aliphatic hydroxyl groups is 1. The third kappa shape index (κ3) is 3.59. The van der Waals surface area contributed by atoms with Crippen molar-refractivity contribution in [2.24, 2.45) is 0 Å². The van der Waals surface area contributed by atoms with E-state index in [9.17, 15) is 5.11 Å². The Labute approximate surface area is 180 Å². The highest BCUT2D eigenvalue weighted by Gasteiger charge is 2.41. The average molecular weight is 424 g/mol. The van der Waals surface area contributed by atoms with Crippen molar-refractivity contribution in [3.8, 4) is 28.4 Å². The van der Waals surface area contributed by atoms with Crippen LogP contribution in [0.4, 0.5) is 0 Å². The van der Waals surface area contributed by atoms with Crippen LogP contribution in [0.2, 0.25) is 0 Å². The quantitative estimate of drug-likeness (QED) is 0.673. The molecular formula is C24H24O7. The lowest BCUT2D eigenvalue weighted by molar-refractivity contribution is -0.251. The molecule has 0 radical (unpaired) electrons. The topological polar surface area (TPSA) is 75.6 Å². The first-order valence-corrected chi connectivity index (χ1v) is 10.1. The van der Waals surface area contributed by atoms with Crippen molar-refractivity contribution in [2.75, 3.05) is 27.6 Å². The van der Waals surface area contributed by atoms with Crippen LogP contribution >= 0.6 is 0 Å². The zero-order valence-electron chi connectivity index (χ0n) is 17.3. The summed E-state index contributed by atoms with van der Waals surface area (Å²) >= 11 is 0. The standard InChI is InChI=1S/C24H24O7/c1-26-21-12-28-24(22(25)23(21)27-2)31-18-10-8-15(16-5-3-4-6-17(16)18)14-7-9-19-20(11-14)30-13-29-19/h3-11,21-25H,12-13H2,1-2H3/t21-,22-,23+,24?/m1/s1. The normalized spacial score (nSPS) is 25.0. The van der Waals surface area contributed by atoms with Crippen LogP contribution in [0.1, 0.15) is 0 Å². The van der Waals surface area contributed by atoms with Gasteiger partial charge >= 0.3 is 0 Å². The van der Waals surface area contributed by atoms with Gasteiger partial charge in [-0.25, -0.2) is 0 Å². The van der Waals surface area contributed by atoms with Gasteiger partial charge in [0.05, 0.1) is 6.61 Å². The van der Waals surface area contributed by atoms with Gasteiger partial charge in [0, 0.05) is 19.6 Å². The molecule has 31 heavy (non-hydrogen) atoms. The van der Waals surface area contributed by atoms with Gasteiger partial charge in [-0.2, -0.15) is 0 Å². The van der Waals surface area contributed by atoms with Gasteiger partial charge in [0.25, 0.3) is 0 Å². The van der Waals surface area contributed by atoms with Crippen molar-refractivity contribution in [2.45, 2.75) is 24.6 Å². The second kappa shape index (κ2) is 8.36. The fraction of sp³-hybridized carbons (Fsp3) is 0.333. The Balaban J connectivity index is 1.48. The number of methoxy groups -OCH3 is 2. The number of aliphatic hydroxyl groups excluding tert-OH is 1. The monoisotopic (exact) mass is 424 g/mol. The minimum absolute atomic E-state index is 0.239. The molecule has 2 heterocycles. The minimum Gasteiger partial charge on any atom is -0.461 e. The number of hydrogen-bond donors (Lipinski definition) is 1. The van der Waals surface area contributed by atoms with Gasteiger partial charge in [0.15, 0.2) is 11.5 Å². The van der Waals surface area contributed by atoms with Gasteiger partial charge < -0.3 is 33.5 Å². The van der Waals surface area contributed by atoms with Crippen LogP contribution < -0.4 is 14.2 Å². The molecule has 1 N–H and O–H groups in total. The fourth-order valence-corrected chi connectivity index (χ4v) is 4.17. The van der Waals surface area contributed by atoms with Crippen molar-refractivity contribution < 1.29 is 33.5 Å². The van der Waals surface area contributed by atoms with Crippen LogP contribution in [0.25, 0.3) is 21.9 Å². The van der Waals surface area contributed by atoms with Crippen LogP contribution in [-0.2, 0) is 14.2 Å². The van der Waals surface area contributed by atoms with Crippen molar-refractivity contribution in [3.63, 3.8) is 0 Å². The summed E-state index contributed by atoms with van der Waals surface area (Å²) in [5, 5.41) is 12.6. The smallest absolute Gasteiger partial charge is 0.231 e. The number of hydrogen-bond acceptors (Lipinski definition) is 7. The molecule has 0 saturated carbocycles. The molecule has 0 amide bonds. The summed E-state index contributed by atoms with van der Waals surface area (Å²) in [5.74, 6) is 2.10. The molecule has 0 spiro atoms. The van der Waals surface area contributed by atoms with E-state index in [2.05, 4.69) is 0 Å². The Kier molecular flexibility index (Phi) is 5.41. The number of benzene rings is 3. The molecule has 1 fully saturated rings. The zero-order chi connectivity index (χ0) is 21.4. The Morgan fingerprint density at radius 1 is 0.903 bits per heavy atom. The molecule has 1 saturated heterocycles. The molecule has 4 atom stereocenters. The van der Waals surface area contributed by atoms with E-state index in [0.717, 1.165) is 33.4 Å². The van der Waals surface area contributed by atoms with Crippen molar-refractivity contribution in [1.82, 2.24) is 0 Å². The van der Waals surface area contributed by atoms with Gasteiger partial charge in [-0.05, 0) is 34.7 Å². The van der Waals surface area contributed by atoms with E-state index in [1.807, 2.05) is 54.6 Å². The molecule has 1 unspecified atom stereocenters. The van der Waals surface area contributed by atoms with E-state index in [1.54, 1.807) is 7.11 Å². The van der Waals surface area contributed by atoms with E-state index in [0.29, 0.717) is 5.75 Å².